The van der Waals surface area contributed by atoms with Crippen LogP contribution in [0.4, 0.5) is 0 Å². The van der Waals surface area contributed by atoms with Crippen LogP contribution in [0.15, 0.2) is 0 Å². The van der Waals surface area contributed by atoms with Crippen molar-refractivity contribution in [1.82, 2.24) is 42.5 Å². The van der Waals surface area contributed by atoms with Crippen molar-refractivity contribution in [1.29, 1.82) is 0 Å². The number of hydrogen-bond acceptors (Lipinski definition) is 9. The molecule has 9 aliphatic rings. The molecule has 17 unspecified atom stereocenters. The maximum atomic E-state index is 6.95. The zero-order chi connectivity index (χ0) is 27.1. The van der Waals surface area contributed by atoms with Gasteiger partial charge >= 0.3 is 18.9 Å². The van der Waals surface area contributed by atoms with E-state index in [1.807, 2.05) is 0 Å². The van der Waals surface area contributed by atoms with Crippen molar-refractivity contribution in [2.45, 2.75) is 152 Å². The largest absolute Gasteiger partial charge is 1.00 e. The normalized spacial score (nSPS) is 56.9. The number of nitrogens with two attached hydrogens (primary N) is 1. The molecule has 5 saturated heterocycles. The maximum Gasteiger partial charge on any atom is 1.00 e. The van der Waals surface area contributed by atoms with Crippen LogP contribution in [-0.4, -0.2) is 55.4 Å². The second-order valence-corrected chi connectivity index (χ2v) is 15.8. The van der Waals surface area contributed by atoms with E-state index in [0.717, 1.165) is 18.3 Å². The van der Waals surface area contributed by atoms with E-state index in [0.29, 0.717) is 78.7 Å². The molecule has 9 rings (SSSR count). The Balaban J connectivity index is 0.00000150. The number of hydrogen-bond donors (Lipinski definition) is 9. The summed E-state index contributed by atoms with van der Waals surface area (Å²) >= 11 is 0. The van der Waals surface area contributed by atoms with Crippen molar-refractivity contribution in [2.24, 2.45) is 53.1 Å². The van der Waals surface area contributed by atoms with Crippen LogP contribution in [0.2, 0.25) is 0 Å². The molecule has 17 atom stereocenters. The molecule has 0 radical (unpaired) electrons. The van der Waals surface area contributed by atoms with Crippen LogP contribution in [0.5, 0.6) is 0 Å². The van der Waals surface area contributed by atoms with Crippen LogP contribution >= 0.6 is 0 Å². The molecule has 9 nitrogen and oxygen atoms in total. The minimum absolute atomic E-state index is 0. The molecule has 4 aliphatic carbocycles. The first-order valence-corrected chi connectivity index (χ1v) is 18.1. The molecule has 42 heavy (non-hydrogen) atoms. The van der Waals surface area contributed by atoms with Gasteiger partial charge in [0.2, 0.25) is 0 Å². The van der Waals surface area contributed by atoms with E-state index < -0.39 is 0 Å². The van der Waals surface area contributed by atoms with E-state index in [9.17, 15) is 0 Å². The molecular weight excluding hydrogens is 517 g/mol. The molecule has 5 aliphatic heterocycles. The molecule has 5 heterocycles. The van der Waals surface area contributed by atoms with Gasteiger partial charge in [-0.1, -0.05) is 44.9 Å². The fraction of sp³-hybridized carbons (Fsp3) is 1.00. The Morgan fingerprint density at radius 1 is 0.333 bits per heavy atom. The Labute approximate surface area is 267 Å². The van der Waals surface area contributed by atoms with Gasteiger partial charge in [0.15, 0.2) is 0 Å². The van der Waals surface area contributed by atoms with E-state index in [-0.39, 0.29) is 32.5 Å². The molecule has 8 bridgehead atoms. The number of fused-ring (bicyclic) bond motifs is 20. The van der Waals surface area contributed by atoms with Crippen molar-refractivity contribution >= 4 is 0 Å². The van der Waals surface area contributed by atoms with Gasteiger partial charge in [0.1, 0.15) is 0 Å². The molecule has 10 heteroatoms. The van der Waals surface area contributed by atoms with E-state index in [2.05, 4.69) is 42.5 Å². The molecule has 0 aromatic heterocycles. The van der Waals surface area contributed by atoms with Crippen molar-refractivity contribution in [3.8, 4) is 0 Å². The van der Waals surface area contributed by atoms with E-state index in [4.69, 9.17) is 5.73 Å². The molecule has 0 spiro atoms. The van der Waals surface area contributed by atoms with Crippen LogP contribution in [0.1, 0.15) is 97.7 Å². The van der Waals surface area contributed by atoms with Gasteiger partial charge in [0.25, 0.3) is 0 Å². The van der Waals surface area contributed by atoms with Crippen LogP contribution < -0.4 is 67.1 Å². The first-order valence-electron chi connectivity index (χ1n) is 18.1. The van der Waals surface area contributed by atoms with Crippen molar-refractivity contribution in [2.75, 3.05) is 0 Å². The Morgan fingerprint density at radius 2 is 0.595 bits per heavy atom. The smallest absolute Gasteiger partial charge is 1.00 e. The van der Waals surface area contributed by atoms with Gasteiger partial charge in [-0.3, -0.25) is 42.5 Å². The zero-order valence-electron chi connectivity index (χ0n) is 27.0. The predicted molar refractivity (Wildman–Crippen MR) is 162 cm³/mol. The summed E-state index contributed by atoms with van der Waals surface area (Å²) in [5.41, 5.74) is 6.95. The fourth-order valence-corrected chi connectivity index (χ4v) is 12.1. The summed E-state index contributed by atoms with van der Waals surface area (Å²) in [7, 11) is 0. The minimum atomic E-state index is 0. The standard InChI is InChI=1S/C32H57N9.Li.H/c33-23-15-7-14-22-24(23)32-40-30-21-13-6-5-12-20(21)28(38-30)36-26-17-9-2-1-8-16(17)25(34-26)35-27-18-10-3-4-11-19(18)29(37-27)39-31(22)41-32;;/h16-32,34-41H,1-15,33H2;;/q;+1;-1. The Bertz CT molecular complexity index is 962. The molecular formula is C32H58LiN9. The minimum Gasteiger partial charge on any atom is -1.00 e. The SMILES string of the molecule is NC1CCCC2C3NC4NC(NC5NC(NC6NC(NC(N3)C12)C1CCCCC61)C1CCCCC51)C1CCCCC41.[H-].[Li+]. The van der Waals surface area contributed by atoms with Gasteiger partial charge in [0.05, 0.1) is 49.3 Å². The third-order valence-electron chi connectivity index (χ3n) is 13.9. The third kappa shape index (κ3) is 5.01. The van der Waals surface area contributed by atoms with Gasteiger partial charge < -0.3 is 7.16 Å². The van der Waals surface area contributed by atoms with E-state index in [1.54, 1.807) is 0 Å². The van der Waals surface area contributed by atoms with Gasteiger partial charge in [-0.15, -0.1) is 0 Å². The predicted octanol–water partition coefficient (Wildman–Crippen LogP) is -1.34. The summed E-state index contributed by atoms with van der Waals surface area (Å²) in [6.45, 7) is 0. The first kappa shape index (κ1) is 29.6. The summed E-state index contributed by atoms with van der Waals surface area (Å²) in [5, 5.41) is 33.6. The average molecular weight is 576 g/mol. The molecule has 9 fully saturated rings. The average Bonchev–Trinajstić information content (AvgIpc) is 3.73. The van der Waals surface area contributed by atoms with Gasteiger partial charge in [-0.05, 0) is 92.8 Å². The number of nitrogens with one attached hydrogen (secondary N) is 8. The zero-order valence-corrected chi connectivity index (χ0v) is 26.0. The topological polar surface area (TPSA) is 122 Å². The Morgan fingerprint density at radius 3 is 0.929 bits per heavy atom. The molecule has 0 amide bonds. The van der Waals surface area contributed by atoms with Crippen LogP contribution in [0.3, 0.4) is 0 Å². The summed E-state index contributed by atoms with van der Waals surface area (Å²) in [4.78, 5) is 0. The van der Waals surface area contributed by atoms with Gasteiger partial charge in [-0.2, -0.15) is 0 Å². The quantitative estimate of drug-likeness (QED) is 0.162. The maximum absolute atomic E-state index is 6.95. The van der Waals surface area contributed by atoms with Crippen LogP contribution in [-0.2, 0) is 0 Å². The van der Waals surface area contributed by atoms with Crippen molar-refractivity contribution < 1.29 is 20.3 Å². The molecule has 10 N–H and O–H groups in total. The van der Waals surface area contributed by atoms with Crippen LogP contribution in [0, 0.1) is 47.3 Å². The molecule has 0 aromatic rings. The van der Waals surface area contributed by atoms with E-state index >= 15 is 0 Å². The summed E-state index contributed by atoms with van der Waals surface area (Å²) in [5.74, 6) is 5.37. The summed E-state index contributed by atoms with van der Waals surface area (Å²) in [6.07, 6.45) is 23.0. The van der Waals surface area contributed by atoms with Gasteiger partial charge in [0, 0.05) is 12.0 Å². The van der Waals surface area contributed by atoms with Crippen molar-refractivity contribution in [3.05, 3.63) is 0 Å². The van der Waals surface area contributed by atoms with Crippen molar-refractivity contribution in [3.63, 3.8) is 0 Å². The number of rotatable bonds is 0. The Hall–Kier alpha value is 0.237. The van der Waals surface area contributed by atoms with Gasteiger partial charge in [-0.25, -0.2) is 0 Å². The molecule has 0 aromatic carbocycles. The summed E-state index contributed by atoms with van der Waals surface area (Å²) in [6, 6.07) is 0.279. The monoisotopic (exact) mass is 575 g/mol. The fourth-order valence-electron chi connectivity index (χ4n) is 12.1. The third-order valence-corrected chi connectivity index (χ3v) is 13.9. The second-order valence-electron chi connectivity index (χ2n) is 15.8. The molecule has 232 valence electrons. The second kappa shape index (κ2) is 12.1. The summed E-state index contributed by atoms with van der Waals surface area (Å²) < 4.78 is 0. The first-order chi connectivity index (χ1) is 20.2. The van der Waals surface area contributed by atoms with Crippen LogP contribution in [0.25, 0.3) is 0 Å². The Kier molecular flexibility index (Phi) is 8.55. The van der Waals surface area contributed by atoms with E-state index in [1.165, 1.54) is 89.9 Å². The molecule has 4 saturated carbocycles.